The second kappa shape index (κ2) is 10.5. The molecule has 0 aromatic carbocycles. The number of rotatable bonds is 11. The third kappa shape index (κ3) is 8.63. The number of hydrogen-bond acceptors (Lipinski definition) is 5. The standard InChI is InChI=1S/C12H26O5Si/c1-5-7-9-15-12(13)11-17-18(4,14-3)16-10-8-6-2/h5-11H2,1-4H3. The molecule has 0 amide bonds. The van der Waals surface area contributed by atoms with Gasteiger partial charge in [0.25, 0.3) is 0 Å². The van der Waals surface area contributed by atoms with Crippen molar-refractivity contribution in [2.75, 3.05) is 26.9 Å². The van der Waals surface area contributed by atoms with Crippen LogP contribution in [0.4, 0.5) is 0 Å². The number of ether oxygens (including phenoxy) is 1. The highest BCUT2D eigenvalue weighted by atomic mass is 28.4. The minimum absolute atomic E-state index is 0.105. The van der Waals surface area contributed by atoms with Crippen molar-refractivity contribution in [3.63, 3.8) is 0 Å². The number of carbonyl (C=O) groups is 1. The van der Waals surface area contributed by atoms with Crippen LogP contribution in [0.15, 0.2) is 0 Å². The van der Waals surface area contributed by atoms with Crippen molar-refractivity contribution in [1.29, 1.82) is 0 Å². The lowest BCUT2D eigenvalue weighted by Crippen LogP contribution is -2.43. The van der Waals surface area contributed by atoms with Gasteiger partial charge in [0, 0.05) is 20.3 Å². The summed E-state index contributed by atoms with van der Waals surface area (Å²) in [5.74, 6) is -0.363. The first-order chi connectivity index (χ1) is 8.58. The van der Waals surface area contributed by atoms with E-state index < -0.39 is 8.80 Å². The Bertz CT molecular complexity index is 225. The van der Waals surface area contributed by atoms with Gasteiger partial charge in [-0.05, 0) is 12.8 Å². The summed E-state index contributed by atoms with van der Waals surface area (Å²) in [7, 11) is -1.13. The molecule has 0 saturated heterocycles. The fourth-order valence-electron chi connectivity index (χ4n) is 1.12. The van der Waals surface area contributed by atoms with Gasteiger partial charge >= 0.3 is 14.8 Å². The van der Waals surface area contributed by atoms with Crippen LogP contribution in [0.5, 0.6) is 0 Å². The molecular formula is C12H26O5Si. The quantitative estimate of drug-likeness (QED) is 0.330. The zero-order chi connectivity index (χ0) is 13.9. The van der Waals surface area contributed by atoms with Crippen LogP contribution in [0.3, 0.4) is 0 Å². The lowest BCUT2D eigenvalue weighted by molar-refractivity contribution is -0.147. The predicted molar refractivity (Wildman–Crippen MR) is 71.3 cm³/mol. The average Bonchev–Trinajstić information content (AvgIpc) is 2.37. The number of esters is 1. The molecule has 1 unspecified atom stereocenters. The van der Waals surface area contributed by atoms with E-state index >= 15 is 0 Å². The molecule has 5 nitrogen and oxygen atoms in total. The van der Waals surface area contributed by atoms with Crippen LogP contribution in [-0.4, -0.2) is 41.7 Å². The Kier molecular flexibility index (Phi) is 10.2. The smallest absolute Gasteiger partial charge is 0.464 e. The van der Waals surface area contributed by atoms with Gasteiger partial charge in [0.1, 0.15) is 6.61 Å². The van der Waals surface area contributed by atoms with E-state index in [0.717, 1.165) is 25.7 Å². The van der Waals surface area contributed by atoms with Gasteiger partial charge in [0.2, 0.25) is 0 Å². The van der Waals surface area contributed by atoms with Crippen LogP contribution < -0.4 is 0 Å². The summed E-state index contributed by atoms with van der Waals surface area (Å²) in [5.41, 5.74) is 0. The van der Waals surface area contributed by atoms with Crippen molar-refractivity contribution in [3.8, 4) is 0 Å². The molecule has 18 heavy (non-hydrogen) atoms. The van der Waals surface area contributed by atoms with Gasteiger partial charge in [0.05, 0.1) is 6.61 Å². The summed E-state index contributed by atoms with van der Waals surface area (Å²) in [6.07, 6.45) is 3.88. The Morgan fingerprint density at radius 1 is 1.06 bits per heavy atom. The summed E-state index contributed by atoms with van der Waals surface area (Å²) in [6, 6.07) is 0. The molecular weight excluding hydrogens is 252 g/mol. The molecule has 0 bridgehead atoms. The molecule has 0 aromatic heterocycles. The minimum Gasteiger partial charge on any atom is -0.464 e. The van der Waals surface area contributed by atoms with Crippen molar-refractivity contribution in [2.24, 2.45) is 0 Å². The molecule has 0 rings (SSSR count). The van der Waals surface area contributed by atoms with E-state index in [1.807, 2.05) is 6.92 Å². The fourth-order valence-corrected chi connectivity index (χ4v) is 2.34. The van der Waals surface area contributed by atoms with Crippen molar-refractivity contribution in [3.05, 3.63) is 0 Å². The summed E-state index contributed by atoms with van der Waals surface area (Å²) in [5, 5.41) is 0. The summed E-state index contributed by atoms with van der Waals surface area (Å²) >= 11 is 0. The third-order valence-electron chi connectivity index (χ3n) is 2.45. The molecule has 0 N–H and O–H groups in total. The molecule has 0 aromatic rings. The van der Waals surface area contributed by atoms with Gasteiger partial charge < -0.3 is 18.0 Å². The van der Waals surface area contributed by atoms with Crippen LogP contribution in [0, 0.1) is 0 Å². The molecule has 108 valence electrons. The van der Waals surface area contributed by atoms with E-state index in [1.54, 1.807) is 13.7 Å². The second-order valence-corrected chi connectivity index (χ2v) is 6.84. The molecule has 0 fully saturated rings. The Morgan fingerprint density at radius 3 is 2.22 bits per heavy atom. The van der Waals surface area contributed by atoms with Crippen LogP contribution in [0.1, 0.15) is 39.5 Å². The Hall–Kier alpha value is -0.433. The molecule has 0 aliphatic rings. The van der Waals surface area contributed by atoms with Crippen molar-refractivity contribution in [1.82, 2.24) is 0 Å². The number of unbranched alkanes of at least 4 members (excludes halogenated alkanes) is 2. The van der Waals surface area contributed by atoms with Gasteiger partial charge in [-0.1, -0.05) is 26.7 Å². The summed E-state index contributed by atoms with van der Waals surface area (Å²) < 4.78 is 21.3. The second-order valence-electron chi connectivity index (χ2n) is 4.13. The highest BCUT2D eigenvalue weighted by Crippen LogP contribution is 2.09. The van der Waals surface area contributed by atoms with Crippen LogP contribution in [-0.2, 0) is 22.8 Å². The van der Waals surface area contributed by atoms with Gasteiger partial charge in [-0.2, -0.15) is 0 Å². The van der Waals surface area contributed by atoms with Crippen molar-refractivity contribution in [2.45, 2.75) is 46.1 Å². The van der Waals surface area contributed by atoms with E-state index in [9.17, 15) is 4.79 Å². The maximum Gasteiger partial charge on any atom is 0.497 e. The van der Waals surface area contributed by atoms with Gasteiger partial charge in [0.15, 0.2) is 0 Å². The highest BCUT2D eigenvalue weighted by Gasteiger charge is 2.34. The average molecular weight is 278 g/mol. The topological polar surface area (TPSA) is 54.0 Å². The van der Waals surface area contributed by atoms with E-state index in [0.29, 0.717) is 13.2 Å². The van der Waals surface area contributed by atoms with Gasteiger partial charge in [-0.25, -0.2) is 4.79 Å². The van der Waals surface area contributed by atoms with E-state index in [-0.39, 0.29) is 12.6 Å². The molecule has 0 aliphatic heterocycles. The van der Waals surface area contributed by atoms with Crippen LogP contribution >= 0.6 is 0 Å². The van der Waals surface area contributed by atoms with Gasteiger partial charge in [-0.15, -0.1) is 0 Å². The summed E-state index contributed by atoms with van der Waals surface area (Å²) in [4.78, 5) is 11.4. The third-order valence-corrected chi connectivity index (χ3v) is 4.58. The Balaban J connectivity index is 3.85. The molecule has 1 atom stereocenters. The lowest BCUT2D eigenvalue weighted by atomic mass is 10.4. The highest BCUT2D eigenvalue weighted by molar-refractivity contribution is 6.59. The zero-order valence-corrected chi connectivity index (χ0v) is 13.0. The SMILES string of the molecule is CCCCOC(=O)CO[Si](C)(OC)OCCCC. The molecule has 0 heterocycles. The number of hydrogen-bond donors (Lipinski definition) is 0. The first-order valence-corrected chi connectivity index (χ1v) is 8.79. The predicted octanol–water partition coefficient (Wildman–Crippen LogP) is 2.38. The normalized spacial score (nSPS) is 14.2. The molecule has 0 aliphatic carbocycles. The molecule has 0 spiro atoms. The first kappa shape index (κ1) is 17.6. The molecule has 6 heteroatoms. The lowest BCUT2D eigenvalue weighted by Gasteiger charge is -2.23. The van der Waals surface area contributed by atoms with Crippen molar-refractivity contribution < 1.29 is 22.8 Å². The Morgan fingerprint density at radius 2 is 1.67 bits per heavy atom. The van der Waals surface area contributed by atoms with Gasteiger partial charge in [-0.3, -0.25) is 0 Å². The van der Waals surface area contributed by atoms with E-state index in [1.165, 1.54) is 0 Å². The first-order valence-electron chi connectivity index (χ1n) is 6.56. The Labute approximate surface area is 111 Å². The number of carbonyl (C=O) groups excluding carboxylic acids is 1. The maximum atomic E-state index is 11.4. The minimum atomic E-state index is -2.67. The van der Waals surface area contributed by atoms with E-state index in [2.05, 4.69) is 6.92 Å². The molecule has 0 radical (unpaired) electrons. The van der Waals surface area contributed by atoms with Crippen molar-refractivity contribution >= 4 is 14.8 Å². The largest absolute Gasteiger partial charge is 0.497 e. The zero-order valence-electron chi connectivity index (χ0n) is 12.0. The summed E-state index contributed by atoms with van der Waals surface area (Å²) in [6.45, 7) is 6.84. The van der Waals surface area contributed by atoms with Crippen LogP contribution in [0.25, 0.3) is 0 Å². The molecule has 0 saturated carbocycles. The monoisotopic (exact) mass is 278 g/mol. The van der Waals surface area contributed by atoms with Crippen LogP contribution in [0.2, 0.25) is 6.55 Å². The van der Waals surface area contributed by atoms with E-state index in [4.69, 9.17) is 18.0 Å². The maximum absolute atomic E-state index is 11.4. The fraction of sp³-hybridized carbons (Fsp3) is 0.917.